The molecular formula is C15H13ClF3NO2S. The fourth-order valence-corrected chi connectivity index (χ4v) is 3.20. The quantitative estimate of drug-likeness (QED) is 0.854. The Morgan fingerprint density at radius 3 is 2.22 bits per heavy atom. The summed E-state index contributed by atoms with van der Waals surface area (Å²) in [7, 11) is -4.13. The predicted octanol–water partition coefficient (Wildman–Crippen LogP) is 4.72. The average Bonchev–Trinajstić information content (AvgIpc) is 2.48. The summed E-state index contributed by atoms with van der Waals surface area (Å²) in [4.78, 5) is -0.113. The van der Waals surface area contributed by atoms with E-state index < -0.39 is 27.5 Å². The van der Waals surface area contributed by atoms with Gasteiger partial charge in [0.2, 0.25) is 0 Å². The minimum Gasteiger partial charge on any atom is -0.279 e. The van der Waals surface area contributed by atoms with Gasteiger partial charge in [0.1, 0.15) is 0 Å². The Labute approximate surface area is 137 Å². The molecule has 0 heterocycles. The van der Waals surface area contributed by atoms with E-state index in [1.54, 1.807) is 12.1 Å². The van der Waals surface area contributed by atoms with Gasteiger partial charge in [0, 0.05) is 5.02 Å². The molecule has 1 N–H and O–H groups in total. The molecular weight excluding hydrogens is 351 g/mol. The molecule has 2 aromatic rings. The van der Waals surface area contributed by atoms with E-state index in [-0.39, 0.29) is 9.92 Å². The van der Waals surface area contributed by atoms with Crippen molar-refractivity contribution in [3.63, 3.8) is 0 Å². The Hall–Kier alpha value is -1.73. The maximum atomic E-state index is 13.0. The zero-order valence-electron chi connectivity index (χ0n) is 12.0. The first-order valence-electron chi connectivity index (χ1n) is 6.62. The van der Waals surface area contributed by atoms with E-state index in [1.165, 1.54) is 18.2 Å². The molecule has 0 radical (unpaired) electrons. The number of aryl methyl sites for hydroxylation is 1. The van der Waals surface area contributed by atoms with Crippen LogP contribution in [0.25, 0.3) is 0 Å². The number of hydrogen-bond acceptors (Lipinski definition) is 2. The molecule has 0 saturated carbocycles. The van der Waals surface area contributed by atoms with Crippen molar-refractivity contribution in [3.8, 4) is 0 Å². The van der Waals surface area contributed by atoms with Crippen molar-refractivity contribution in [2.24, 2.45) is 0 Å². The van der Waals surface area contributed by atoms with Gasteiger partial charge in [0.25, 0.3) is 10.0 Å². The lowest BCUT2D eigenvalue weighted by Crippen LogP contribution is -2.17. The highest BCUT2D eigenvalue weighted by Crippen LogP contribution is 2.37. The number of benzene rings is 2. The minimum atomic E-state index is -4.73. The zero-order valence-corrected chi connectivity index (χ0v) is 13.6. The molecule has 3 nitrogen and oxygen atoms in total. The lowest BCUT2D eigenvalue weighted by atomic mass is 10.2. The van der Waals surface area contributed by atoms with Crippen LogP contribution in [0.4, 0.5) is 18.9 Å². The fourth-order valence-electron chi connectivity index (χ4n) is 1.95. The van der Waals surface area contributed by atoms with Gasteiger partial charge in [-0.05, 0) is 42.3 Å². The monoisotopic (exact) mass is 363 g/mol. The van der Waals surface area contributed by atoms with Crippen molar-refractivity contribution in [3.05, 3.63) is 58.6 Å². The summed E-state index contributed by atoms with van der Waals surface area (Å²) in [5.41, 5.74) is -0.786. The molecule has 0 fully saturated rings. The third-order valence-corrected chi connectivity index (χ3v) is 4.79. The summed E-state index contributed by atoms with van der Waals surface area (Å²) in [5.74, 6) is 0. The van der Waals surface area contributed by atoms with Gasteiger partial charge in [0.15, 0.2) is 0 Å². The lowest BCUT2D eigenvalue weighted by Gasteiger charge is -2.15. The largest absolute Gasteiger partial charge is 0.418 e. The summed E-state index contributed by atoms with van der Waals surface area (Å²) < 4.78 is 65.5. The molecule has 2 aromatic carbocycles. The van der Waals surface area contributed by atoms with Crippen LogP contribution < -0.4 is 4.72 Å². The smallest absolute Gasteiger partial charge is 0.279 e. The van der Waals surface area contributed by atoms with Crippen molar-refractivity contribution < 1.29 is 21.6 Å². The minimum absolute atomic E-state index is 0.113. The number of anilines is 1. The number of sulfonamides is 1. The maximum Gasteiger partial charge on any atom is 0.418 e. The van der Waals surface area contributed by atoms with Gasteiger partial charge in [-0.2, -0.15) is 13.2 Å². The maximum absolute atomic E-state index is 13.0. The zero-order chi connectivity index (χ0) is 17.3. The van der Waals surface area contributed by atoms with Crippen LogP contribution in [0.3, 0.4) is 0 Å². The Morgan fingerprint density at radius 2 is 1.70 bits per heavy atom. The molecule has 0 atom stereocenters. The number of hydrogen-bond donors (Lipinski definition) is 1. The van der Waals surface area contributed by atoms with Crippen LogP contribution in [-0.4, -0.2) is 8.42 Å². The van der Waals surface area contributed by atoms with Gasteiger partial charge in [-0.15, -0.1) is 0 Å². The molecule has 0 aromatic heterocycles. The van der Waals surface area contributed by atoms with Crippen LogP contribution >= 0.6 is 11.6 Å². The third kappa shape index (κ3) is 4.17. The Morgan fingerprint density at radius 1 is 1.09 bits per heavy atom. The first-order chi connectivity index (χ1) is 10.6. The van der Waals surface area contributed by atoms with Crippen molar-refractivity contribution in [2.45, 2.75) is 24.4 Å². The van der Waals surface area contributed by atoms with Gasteiger partial charge >= 0.3 is 6.18 Å². The van der Waals surface area contributed by atoms with E-state index in [9.17, 15) is 21.6 Å². The SMILES string of the molecule is CCc1ccc(S(=O)(=O)Nc2ccc(Cl)cc2C(F)(F)F)cc1. The summed E-state index contributed by atoms with van der Waals surface area (Å²) in [6.45, 7) is 1.91. The second kappa shape index (κ2) is 6.41. The highest BCUT2D eigenvalue weighted by molar-refractivity contribution is 7.92. The topological polar surface area (TPSA) is 46.2 Å². The van der Waals surface area contributed by atoms with Gasteiger partial charge in [-0.3, -0.25) is 4.72 Å². The van der Waals surface area contributed by atoms with Gasteiger partial charge < -0.3 is 0 Å². The molecule has 0 spiro atoms. The standard InChI is InChI=1S/C15H13ClF3NO2S/c1-2-10-3-6-12(7-4-10)23(21,22)20-14-8-5-11(16)9-13(14)15(17,18)19/h3-9,20H,2H2,1H3. The summed E-state index contributed by atoms with van der Waals surface area (Å²) in [5, 5.41) is -0.132. The summed E-state index contributed by atoms with van der Waals surface area (Å²) >= 11 is 5.57. The number of halogens is 4. The molecule has 0 aliphatic heterocycles. The van der Waals surface area contributed by atoms with Crippen LogP contribution in [-0.2, 0) is 22.6 Å². The molecule has 23 heavy (non-hydrogen) atoms. The predicted molar refractivity (Wildman–Crippen MR) is 83.1 cm³/mol. The molecule has 2 rings (SSSR count). The van der Waals surface area contributed by atoms with E-state index in [2.05, 4.69) is 0 Å². The fraction of sp³-hybridized carbons (Fsp3) is 0.200. The highest BCUT2D eigenvalue weighted by atomic mass is 35.5. The normalized spacial score (nSPS) is 12.2. The van der Waals surface area contributed by atoms with E-state index in [1.807, 2.05) is 11.6 Å². The molecule has 0 bridgehead atoms. The van der Waals surface area contributed by atoms with Crippen LogP contribution in [0, 0.1) is 0 Å². The van der Waals surface area contributed by atoms with Gasteiger partial charge in [0.05, 0.1) is 16.1 Å². The van der Waals surface area contributed by atoms with E-state index in [0.29, 0.717) is 6.07 Å². The van der Waals surface area contributed by atoms with Gasteiger partial charge in [-0.25, -0.2) is 8.42 Å². The molecule has 0 aliphatic carbocycles. The highest BCUT2D eigenvalue weighted by Gasteiger charge is 2.35. The third-order valence-electron chi connectivity index (χ3n) is 3.17. The Balaban J connectivity index is 2.41. The van der Waals surface area contributed by atoms with E-state index in [4.69, 9.17) is 11.6 Å². The first kappa shape index (κ1) is 17.6. The Kier molecular flexibility index (Phi) is 4.91. The van der Waals surface area contributed by atoms with Crippen molar-refractivity contribution in [1.29, 1.82) is 0 Å². The van der Waals surface area contributed by atoms with Crippen LogP contribution in [0.15, 0.2) is 47.4 Å². The van der Waals surface area contributed by atoms with E-state index in [0.717, 1.165) is 18.1 Å². The molecule has 0 aliphatic rings. The van der Waals surface area contributed by atoms with Gasteiger partial charge in [-0.1, -0.05) is 30.7 Å². The number of nitrogens with one attached hydrogen (secondary N) is 1. The first-order valence-corrected chi connectivity index (χ1v) is 8.48. The molecule has 0 amide bonds. The molecule has 0 saturated heterocycles. The number of alkyl halides is 3. The van der Waals surface area contributed by atoms with Crippen molar-refractivity contribution in [2.75, 3.05) is 4.72 Å². The second-order valence-corrected chi connectivity index (χ2v) is 6.91. The summed E-state index contributed by atoms with van der Waals surface area (Å²) in [6.07, 6.45) is -4.00. The van der Waals surface area contributed by atoms with Crippen LogP contribution in [0.1, 0.15) is 18.1 Å². The second-order valence-electron chi connectivity index (χ2n) is 4.79. The molecule has 124 valence electrons. The molecule has 0 unspecified atom stereocenters. The molecule has 8 heteroatoms. The van der Waals surface area contributed by atoms with E-state index >= 15 is 0 Å². The van der Waals surface area contributed by atoms with Crippen molar-refractivity contribution in [1.82, 2.24) is 0 Å². The lowest BCUT2D eigenvalue weighted by molar-refractivity contribution is -0.136. The average molecular weight is 364 g/mol. The van der Waals surface area contributed by atoms with Crippen molar-refractivity contribution >= 4 is 27.3 Å². The Bertz CT molecular complexity index is 802. The van der Waals surface area contributed by atoms with Crippen LogP contribution in [0.5, 0.6) is 0 Å². The summed E-state index contributed by atoms with van der Waals surface area (Å²) in [6, 6.07) is 8.79. The number of rotatable bonds is 4. The van der Waals surface area contributed by atoms with Crippen LogP contribution in [0.2, 0.25) is 5.02 Å².